The first-order chi connectivity index (χ1) is 13.6. The number of hydrogen-bond acceptors (Lipinski definition) is 6. The molecule has 0 fully saturated rings. The second-order valence-electron chi connectivity index (χ2n) is 6.40. The van der Waals surface area contributed by atoms with Crippen LogP contribution in [-0.2, 0) is 18.7 Å². The second kappa shape index (κ2) is 7.59. The maximum Gasteiger partial charge on any atom is 0.262 e. The molecule has 3 aromatic heterocycles. The molecule has 144 valence electrons. The lowest BCUT2D eigenvalue weighted by molar-refractivity contribution is 0.735. The molecular weight excluding hydrogens is 376 g/mol. The largest absolute Gasteiger partial charge is 0.301 e. The summed E-state index contributed by atoms with van der Waals surface area (Å²) in [7, 11) is 0. The van der Waals surface area contributed by atoms with E-state index in [1.807, 2.05) is 35.6 Å². The third-order valence-corrected chi connectivity index (χ3v) is 5.38. The number of para-hydroxylation sites is 1. The Morgan fingerprint density at radius 3 is 2.75 bits per heavy atom. The van der Waals surface area contributed by atoms with Gasteiger partial charge in [0.05, 0.1) is 16.7 Å². The van der Waals surface area contributed by atoms with E-state index in [4.69, 9.17) is 0 Å². The van der Waals surface area contributed by atoms with Crippen molar-refractivity contribution in [2.24, 2.45) is 0 Å². The fraction of sp³-hybridized carbons (Fsp3) is 0.316. The van der Waals surface area contributed by atoms with Gasteiger partial charge in [-0.05, 0) is 25.5 Å². The minimum absolute atomic E-state index is 0.0736. The first-order valence-corrected chi connectivity index (χ1v) is 10.2. The molecule has 0 aliphatic carbocycles. The first-order valence-electron chi connectivity index (χ1n) is 9.21. The Hall–Kier alpha value is -2.94. The summed E-state index contributed by atoms with van der Waals surface area (Å²) < 4.78 is 3.52. The van der Waals surface area contributed by atoms with E-state index in [1.165, 1.54) is 17.8 Å². The van der Waals surface area contributed by atoms with Crippen LogP contribution in [0.3, 0.4) is 0 Å². The molecule has 8 nitrogen and oxygen atoms in total. The molecule has 1 aromatic carbocycles. The Morgan fingerprint density at radius 1 is 1.14 bits per heavy atom. The number of nitrogens with one attached hydrogen (secondary N) is 1. The highest BCUT2D eigenvalue weighted by Gasteiger charge is 2.16. The van der Waals surface area contributed by atoms with Gasteiger partial charge in [-0.1, -0.05) is 37.2 Å². The predicted octanol–water partition coefficient (Wildman–Crippen LogP) is 2.39. The zero-order chi connectivity index (χ0) is 19.7. The van der Waals surface area contributed by atoms with E-state index in [0.29, 0.717) is 34.4 Å². The van der Waals surface area contributed by atoms with Crippen LogP contribution in [0, 0.1) is 0 Å². The average Bonchev–Trinajstić information content (AvgIpc) is 3.11. The van der Waals surface area contributed by atoms with Crippen molar-refractivity contribution in [1.29, 1.82) is 0 Å². The number of hydrogen-bond donors (Lipinski definition) is 1. The van der Waals surface area contributed by atoms with E-state index in [0.717, 1.165) is 24.1 Å². The van der Waals surface area contributed by atoms with Crippen molar-refractivity contribution in [2.45, 2.75) is 44.1 Å². The third kappa shape index (κ3) is 3.22. The quantitative estimate of drug-likeness (QED) is 0.397. The van der Waals surface area contributed by atoms with Crippen LogP contribution >= 0.6 is 11.8 Å². The fourth-order valence-corrected chi connectivity index (χ4v) is 4.07. The number of nitrogens with zero attached hydrogens (tertiary/aromatic N) is 5. The van der Waals surface area contributed by atoms with E-state index in [1.54, 1.807) is 4.57 Å². The summed E-state index contributed by atoms with van der Waals surface area (Å²) in [4.78, 5) is 31.9. The van der Waals surface area contributed by atoms with Gasteiger partial charge in [0.15, 0.2) is 5.16 Å². The molecule has 1 N–H and O–H groups in total. The molecule has 3 heterocycles. The summed E-state index contributed by atoms with van der Waals surface area (Å²) in [6, 6.07) is 8.98. The minimum atomic E-state index is -0.155. The van der Waals surface area contributed by atoms with Crippen molar-refractivity contribution in [1.82, 2.24) is 29.1 Å². The van der Waals surface area contributed by atoms with Crippen LogP contribution in [0.25, 0.3) is 16.7 Å². The van der Waals surface area contributed by atoms with Crippen LogP contribution in [0.4, 0.5) is 0 Å². The van der Waals surface area contributed by atoms with E-state index in [9.17, 15) is 9.59 Å². The highest BCUT2D eigenvalue weighted by atomic mass is 32.2. The second-order valence-corrected chi connectivity index (χ2v) is 7.36. The van der Waals surface area contributed by atoms with Gasteiger partial charge in [0.25, 0.3) is 11.1 Å². The van der Waals surface area contributed by atoms with Crippen molar-refractivity contribution >= 4 is 28.4 Å². The highest BCUT2D eigenvalue weighted by molar-refractivity contribution is 7.98. The molecule has 28 heavy (non-hydrogen) atoms. The summed E-state index contributed by atoms with van der Waals surface area (Å²) in [5, 5.41) is 9.73. The molecule has 0 saturated carbocycles. The lowest BCUT2D eigenvalue weighted by atomic mass is 10.2. The molecule has 0 amide bonds. The van der Waals surface area contributed by atoms with Gasteiger partial charge in [0, 0.05) is 18.3 Å². The van der Waals surface area contributed by atoms with E-state index in [2.05, 4.69) is 27.1 Å². The van der Waals surface area contributed by atoms with Gasteiger partial charge in [0.1, 0.15) is 5.82 Å². The minimum Gasteiger partial charge on any atom is -0.301 e. The molecule has 9 heteroatoms. The van der Waals surface area contributed by atoms with Crippen molar-refractivity contribution in [2.75, 3.05) is 0 Å². The molecular formula is C19H20N6O2S. The Labute approximate surface area is 164 Å². The molecule has 0 bridgehead atoms. The van der Waals surface area contributed by atoms with Gasteiger partial charge in [-0.15, -0.1) is 10.2 Å². The number of aryl methyl sites for hydroxylation is 2. The molecule has 0 saturated heterocycles. The van der Waals surface area contributed by atoms with Crippen molar-refractivity contribution < 1.29 is 0 Å². The van der Waals surface area contributed by atoms with Crippen LogP contribution in [0.15, 0.2) is 45.1 Å². The number of thioether (sulfide) groups is 1. The van der Waals surface area contributed by atoms with Gasteiger partial charge in [0.2, 0.25) is 5.78 Å². The summed E-state index contributed by atoms with van der Waals surface area (Å²) in [6.45, 7) is 4.47. The van der Waals surface area contributed by atoms with E-state index >= 15 is 0 Å². The topological polar surface area (TPSA) is 97.9 Å². The predicted molar refractivity (Wildman–Crippen MR) is 109 cm³/mol. The number of rotatable bonds is 6. The van der Waals surface area contributed by atoms with Crippen LogP contribution in [-0.4, -0.2) is 29.1 Å². The number of H-pyrrole nitrogens is 1. The SMILES string of the molecule is CCCc1cc(=O)[nH]c(SCc2nnc3n(CC)c(=O)c4ccccc4n23)n1. The van der Waals surface area contributed by atoms with Gasteiger partial charge in [-0.25, -0.2) is 4.98 Å². The average molecular weight is 396 g/mol. The number of benzene rings is 1. The summed E-state index contributed by atoms with van der Waals surface area (Å²) >= 11 is 1.40. The van der Waals surface area contributed by atoms with Crippen LogP contribution in [0.2, 0.25) is 0 Å². The number of aromatic amines is 1. The lowest BCUT2D eigenvalue weighted by Gasteiger charge is -2.09. The van der Waals surface area contributed by atoms with E-state index in [-0.39, 0.29) is 11.1 Å². The van der Waals surface area contributed by atoms with Crippen LogP contribution in [0.1, 0.15) is 31.8 Å². The van der Waals surface area contributed by atoms with E-state index < -0.39 is 0 Å². The summed E-state index contributed by atoms with van der Waals surface area (Å²) in [6.07, 6.45) is 1.69. The normalized spacial score (nSPS) is 11.5. The zero-order valence-electron chi connectivity index (χ0n) is 15.7. The first kappa shape index (κ1) is 18.4. The molecule has 0 atom stereocenters. The standard InChI is InChI=1S/C19H20N6O2S/c1-3-7-12-10-16(26)21-18(20-12)28-11-15-22-23-19-24(4-2)17(27)13-8-5-6-9-14(13)25(15)19/h5-6,8-10H,3-4,7,11H2,1-2H3,(H,20,21,26). The van der Waals surface area contributed by atoms with Gasteiger partial charge in [-0.3, -0.25) is 18.6 Å². The summed E-state index contributed by atoms with van der Waals surface area (Å²) in [5.74, 6) is 1.68. The molecule has 4 aromatic rings. The maximum absolute atomic E-state index is 12.7. The van der Waals surface area contributed by atoms with Gasteiger partial charge < -0.3 is 4.98 Å². The molecule has 0 aliphatic heterocycles. The molecule has 0 unspecified atom stereocenters. The summed E-state index contributed by atoms with van der Waals surface area (Å²) in [5.41, 5.74) is 1.33. The zero-order valence-corrected chi connectivity index (χ0v) is 16.5. The molecule has 4 rings (SSSR count). The number of aromatic nitrogens is 6. The number of fused-ring (bicyclic) bond motifs is 3. The van der Waals surface area contributed by atoms with Crippen molar-refractivity contribution in [3.05, 3.63) is 62.6 Å². The molecule has 0 aliphatic rings. The van der Waals surface area contributed by atoms with Gasteiger partial charge >= 0.3 is 0 Å². The monoisotopic (exact) mass is 396 g/mol. The van der Waals surface area contributed by atoms with Gasteiger partial charge in [-0.2, -0.15) is 0 Å². The van der Waals surface area contributed by atoms with Crippen LogP contribution < -0.4 is 11.1 Å². The Morgan fingerprint density at radius 2 is 1.96 bits per heavy atom. The maximum atomic E-state index is 12.7. The molecule has 0 spiro atoms. The fourth-order valence-electron chi connectivity index (χ4n) is 3.26. The van der Waals surface area contributed by atoms with Crippen molar-refractivity contribution in [3.8, 4) is 0 Å². The van der Waals surface area contributed by atoms with Crippen LogP contribution in [0.5, 0.6) is 0 Å². The smallest absolute Gasteiger partial charge is 0.262 e. The Kier molecular flexibility index (Phi) is 4.99. The van der Waals surface area contributed by atoms with Crippen molar-refractivity contribution in [3.63, 3.8) is 0 Å². The molecule has 0 radical (unpaired) electrons. The lowest BCUT2D eigenvalue weighted by Crippen LogP contribution is -2.22. The highest BCUT2D eigenvalue weighted by Crippen LogP contribution is 2.21. The Bertz CT molecular complexity index is 1270. The Balaban J connectivity index is 1.78. The third-order valence-electron chi connectivity index (χ3n) is 4.51.